The van der Waals surface area contributed by atoms with E-state index < -0.39 is 0 Å². The highest BCUT2D eigenvalue weighted by molar-refractivity contribution is 6.22. The van der Waals surface area contributed by atoms with Crippen molar-refractivity contribution < 1.29 is 23.9 Å². The third-order valence-electron chi connectivity index (χ3n) is 6.97. The van der Waals surface area contributed by atoms with Gasteiger partial charge in [0.1, 0.15) is 11.5 Å². The summed E-state index contributed by atoms with van der Waals surface area (Å²) >= 11 is 0. The summed E-state index contributed by atoms with van der Waals surface area (Å²) in [5, 5.41) is 2.82. The number of imide groups is 1. The summed E-state index contributed by atoms with van der Waals surface area (Å²) < 4.78 is 10.5. The maximum absolute atomic E-state index is 13.0. The fraction of sp³-hybridized carbons (Fsp3) is 0.375. The molecule has 2 aromatic rings. The monoisotopic (exact) mass is 420 g/mol. The summed E-state index contributed by atoms with van der Waals surface area (Å²) in [5.41, 5.74) is 1.43. The van der Waals surface area contributed by atoms with E-state index in [1.165, 1.54) is 12.0 Å². The van der Waals surface area contributed by atoms with Gasteiger partial charge in [-0.05, 0) is 67.5 Å². The van der Waals surface area contributed by atoms with Crippen molar-refractivity contribution in [3.8, 4) is 11.5 Å². The van der Waals surface area contributed by atoms with Crippen molar-refractivity contribution in [2.24, 2.45) is 23.7 Å². The lowest BCUT2D eigenvalue weighted by atomic mass is 9.81. The molecule has 1 aliphatic heterocycles. The van der Waals surface area contributed by atoms with Gasteiger partial charge in [-0.3, -0.25) is 19.3 Å². The minimum atomic E-state index is -0.327. The number of carbonyl (C=O) groups is 3. The smallest absolute Gasteiger partial charge is 0.255 e. The summed E-state index contributed by atoms with van der Waals surface area (Å²) in [6.07, 6.45) is 3.10. The number of ether oxygens (including phenoxy) is 2. The molecule has 1 saturated heterocycles. The largest absolute Gasteiger partial charge is 0.497 e. The minimum Gasteiger partial charge on any atom is -0.497 e. The predicted octanol–water partition coefficient (Wildman–Crippen LogP) is 3.49. The molecule has 2 saturated carbocycles. The average molecular weight is 420 g/mol. The Labute approximate surface area is 180 Å². The number of nitrogens with zero attached hydrogens (tertiary/aromatic N) is 1. The predicted molar refractivity (Wildman–Crippen MR) is 114 cm³/mol. The molecule has 0 aromatic heterocycles. The second kappa shape index (κ2) is 7.41. The number of nitrogens with one attached hydrogen (secondary N) is 1. The van der Waals surface area contributed by atoms with Gasteiger partial charge in [-0.2, -0.15) is 0 Å². The van der Waals surface area contributed by atoms with Crippen LogP contribution in [0.1, 0.15) is 29.6 Å². The van der Waals surface area contributed by atoms with Crippen molar-refractivity contribution in [2.45, 2.75) is 19.3 Å². The number of hydrogen-bond acceptors (Lipinski definition) is 5. The SMILES string of the molecule is COc1ccc(OC)c(NC(=O)c2ccc(N3C(=O)[C@H]4[C@H]5CC[C@@H](C5)[C@@H]4C3=O)cc2)c1. The Morgan fingerprint density at radius 2 is 1.58 bits per heavy atom. The molecule has 0 unspecified atom stereocenters. The number of benzene rings is 2. The maximum atomic E-state index is 13.0. The zero-order chi connectivity index (χ0) is 21.7. The van der Waals surface area contributed by atoms with E-state index in [0.29, 0.717) is 40.3 Å². The van der Waals surface area contributed by atoms with Crippen molar-refractivity contribution in [2.75, 3.05) is 24.4 Å². The summed E-state index contributed by atoms with van der Waals surface area (Å²) in [6, 6.07) is 11.7. The molecular weight excluding hydrogens is 396 g/mol. The van der Waals surface area contributed by atoms with E-state index >= 15 is 0 Å². The molecule has 31 heavy (non-hydrogen) atoms. The molecule has 2 aliphatic carbocycles. The first-order valence-corrected chi connectivity index (χ1v) is 10.5. The van der Waals surface area contributed by atoms with Crippen LogP contribution in [-0.4, -0.2) is 31.9 Å². The van der Waals surface area contributed by atoms with Crippen LogP contribution in [0.5, 0.6) is 11.5 Å². The zero-order valence-corrected chi connectivity index (χ0v) is 17.5. The molecule has 160 valence electrons. The average Bonchev–Trinajstić information content (AvgIpc) is 3.47. The molecule has 4 atom stereocenters. The van der Waals surface area contributed by atoms with E-state index in [1.54, 1.807) is 49.6 Å². The Morgan fingerprint density at radius 3 is 2.16 bits per heavy atom. The molecule has 3 amide bonds. The number of amides is 3. The lowest BCUT2D eigenvalue weighted by Gasteiger charge is -2.19. The fourth-order valence-corrected chi connectivity index (χ4v) is 5.53. The van der Waals surface area contributed by atoms with Gasteiger partial charge in [-0.15, -0.1) is 0 Å². The van der Waals surface area contributed by atoms with E-state index in [0.717, 1.165) is 19.3 Å². The maximum Gasteiger partial charge on any atom is 0.255 e. The van der Waals surface area contributed by atoms with Gasteiger partial charge in [-0.1, -0.05) is 0 Å². The van der Waals surface area contributed by atoms with Crippen molar-refractivity contribution in [3.05, 3.63) is 48.0 Å². The molecule has 1 N–H and O–H groups in total. The van der Waals surface area contributed by atoms with Gasteiger partial charge >= 0.3 is 0 Å². The number of hydrogen-bond donors (Lipinski definition) is 1. The van der Waals surface area contributed by atoms with Crippen molar-refractivity contribution in [1.29, 1.82) is 0 Å². The molecule has 0 radical (unpaired) electrons. The van der Waals surface area contributed by atoms with E-state index in [4.69, 9.17) is 9.47 Å². The second-order valence-electron chi connectivity index (χ2n) is 8.46. The molecule has 2 bridgehead atoms. The standard InChI is InChI=1S/C24H24N2O5/c1-30-17-9-10-19(31-2)18(12-17)25-22(27)13-5-7-16(8-6-13)26-23(28)20-14-3-4-15(11-14)21(20)24(26)29/h5-10,12,14-15,20-21H,3-4,11H2,1-2H3,(H,25,27)/t14-,15-,20-,21-/m0/s1. The van der Waals surface area contributed by atoms with Crippen molar-refractivity contribution >= 4 is 29.1 Å². The molecule has 7 nitrogen and oxygen atoms in total. The van der Waals surface area contributed by atoms with Crippen LogP contribution in [0.15, 0.2) is 42.5 Å². The van der Waals surface area contributed by atoms with E-state index in [-0.39, 0.29) is 29.6 Å². The van der Waals surface area contributed by atoms with Gasteiger partial charge in [-0.25, -0.2) is 0 Å². The summed E-state index contributed by atoms with van der Waals surface area (Å²) in [7, 11) is 3.07. The van der Waals surface area contributed by atoms with Crippen LogP contribution in [0.25, 0.3) is 0 Å². The normalized spacial score (nSPS) is 26.2. The molecule has 3 aliphatic rings. The molecule has 5 rings (SSSR count). The minimum absolute atomic E-state index is 0.0829. The van der Waals surface area contributed by atoms with Crippen LogP contribution in [0, 0.1) is 23.7 Å². The van der Waals surface area contributed by atoms with Gasteiger partial charge in [0.25, 0.3) is 5.91 Å². The van der Waals surface area contributed by atoms with Crippen LogP contribution in [0.4, 0.5) is 11.4 Å². The number of anilines is 2. The van der Waals surface area contributed by atoms with Crippen LogP contribution in [0.3, 0.4) is 0 Å². The Morgan fingerprint density at radius 1 is 0.935 bits per heavy atom. The van der Waals surface area contributed by atoms with Crippen molar-refractivity contribution in [1.82, 2.24) is 0 Å². The van der Waals surface area contributed by atoms with Crippen LogP contribution < -0.4 is 19.7 Å². The van der Waals surface area contributed by atoms with Crippen LogP contribution >= 0.6 is 0 Å². The fourth-order valence-electron chi connectivity index (χ4n) is 5.53. The number of carbonyl (C=O) groups excluding carboxylic acids is 3. The lowest BCUT2D eigenvalue weighted by Crippen LogP contribution is -2.32. The topological polar surface area (TPSA) is 84.9 Å². The molecular formula is C24H24N2O5. The van der Waals surface area contributed by atoms with Gasteiger partial charge in [0, 0.05) is 11.6 Å². The Hall–Kier alpha value is -3.35. The third kappa shape index (κ3) is 3.07. The van der Waals surface area contributed by atoms with Crippen LogP contribution in [-0.2, 0) is 9.59 Å². The lowest BCUT2D eigenvalue weighted by molar-refractivity contribution is -0.123. The van der Waals surface area contributed by atoms with Crippen LogP contribution in [0.2, 0.25) is 0 Å². The quantitative estimate of drug-likeness (QED) is 0.749. The number of methoxy groups -OCH3 is 2. The summed E-state index contributed by atoms with van der Waals surface area (Å²) in [6.45, 7) is 0. The Bertz CT molecular complexity index is 1040. The Kier molecular flexibility index (Phi) is 4.68. The van der Waals surface area contributed by atoms with E-state index in [1.807, 2.05) is 0 Å². The van der Waals surface area contributed by atoms with Gasteiger partial charge in [0.2, 0.25) is 11.8 Å². The number of fused-ring (bicyclic) bond motifs is 5. The summed E-state index contributed by atoms with van der Waals surface area (Å²) in [5.74, 6) is 0.994. The van der Waals surface area contributed by atoms with Gasteiger partial charge in [0.15, 0.2) is 0 Å². The second-order valence-corrected chi connectivity index (χ2v) is 8.46. The van der Waals surface area contributed by atoms with Gasteiger partial charge < -0.3 is 14.8 Å². The zero-order valence-electron chi connectivity index (χ0n) is 17.5. The molecule has 1 heterocycles. The van der Waals surface area contributed by atoms with E-state index in [9.17, 15) is 14.4 Å². The van der Waals surface area contributed by atoms with E-state index in [2.05, 4.69) is 5.32 Å². The highest BCUT2D eigenvalue weighted by atomic mass is 16.5. The Balaban J connectivity index is 1.34. The number of rotatable bonds is 5. The first-order chi connectivity index (χ1) is 15.0. The highest BCUT2D eigenvalue weighted by Crippen LogP contribution is 2.56. The molecule has 7 heteroatoms. The van der Waals surface area contributed by atoms with Crippen molar-refractivity contribution in [3.63, 3.8) is 0 Å². The third-order valence-corrected chi connectivity index (χ3v) is 6.97. The molecule has 3 fully saturated rings. The first-order valence-electron chi connectivity index (χ1n) is 10.5. The highest BCUT2D eigenvalue weighted by Gasteiger charge is 2.61. The summed E-state index contributed by atoms with van der Waals surface area (Å²) in [4.78, 5) is 40.0. The first kappa shape index (κ1) is 19.6. The van der Waals surface area contributed by atoms with Gasteiger partial charge in [0.05, 0.1) is 37.4 Å². The molecule has 2 aromatic carbocycles. The molecule has 0 spiro atoms.